The van der Waals surface area contributed by atoms with Crippen molar-refractivity contribution < 1.29 is 19.0 Å². The molecule has 1 aromatic carbocycles. The van der Waals surface area contributed by atoms with Gasteiger partial charge in [-0.1, -0.05) is 0 Å². The first-order chi connectivity index (χ1) is 14.1. The molecule has 2 aromatic rings. The zero-order valence-electron chi connectivity index (χ0n) is 16.8. The van der Waals surface area contributed by atoms with Crippen LogP contribution in [0, 0.1) is 12.8 Å². The van der Waals surface area contributed by atoms with Crippen molar-refractivity contribution in [3.8, 4) is 11.5 Å². The zero-order chi connectivity index (χ0) is 20.2. The van der Waals surface area contributed by atoms with Crippen LogP contribution in [0.4, 0.5) is 11.6 Å². The smallest absolute Gasteiger partial charge is 0.227 e. The van der Waals surface area contributed by atoms with Crippen LogP contribution >= 0.6 is 0 Å². The quantitative estimate of drug-likeness (QED) is 0.801. The van der Waals surface area contributed by atoms with Crippen LogP contribution in [0.5, 0.6) is 11.5 Å². The summed E-state index contributed by atoms with van der Waals surface area (Å²) in [6.07, 6.45) is 5.12. The van der Waals surface area contributed by atoms with Gasteiger partial charge in [0.05, 0.1) is 31.7 Å². The number of rotatable bonds is 6. The Bertz CT molecular complexity index is 846. The summed E-state index contributed by atoms with van der Waals surface area (Å²) in [5.74, 6) is 2.02. The van der Waals surface area contributed by atoms with Crippen molar-refractivity contribution in [2.24, 2.45) is 5.92 Å². The van der Waals surface area contributed by atoms with Crippen LogP contribution in [-0.4, -0.2) is 55.4 Å². The molecular weight excluding hydrogens is 372 g/mol. The Morgan fingerprint density at radius 2 is 1.93 bits per heavy atom. The molecule has 2 aliphatic rings. The Kier molecular flexibility index (Phi) is 5.92. The van der Waals surface area contributed by atoms with E-state index in [-0.39, 0.29) is 17.9 Å². The average molecular weight is 398 g/mol. The summed E-state index contributed by atoms with van der Waals surface area (Å²) in [6.45, 7) is 4.91. The van der Waals surface area contributed by atoms with Crippen LogP contribution < -0.4 is 15.0 Å². The lowest BCUT2D eigenvalue weighted by atomic mass is 9.81. The Morgan fingerprint density at radius 3 is 2.59 bits per heavy atom. The third-order valence-corrected chi connectivity index (χ3v) is 5.38. The largest absolute Gasteiger partial charge is 0.454 e. The van der Waals surface area contributed by atoms with E-state index in [0.29, 0.717) is 30.7 Å². The summed E-state index contributed by atoms with van der Waals surface area (Å²) in [5.41, 5.74) is 1.68. The number of methoxy groups -OCH3 is 1. The van der Waals surface area contributed by atoms with E-state index in [1.54, 1.807) is 19.5 Å². The van der Waals surface area contributed by atoms with Crippen molar-refractivity contribution in [1.82, 2.24) is 9.97 Å². The lowest BCUT2D eigenvalue weighted by molar-refractivity contribution is -0.127. The minimum atomic E-state index is 0.0262. The summed E-state index contributed by atoms with van der Waals surface area (Å²) >= 11 is 0. The molecule has 0 unspecified atom stereocenters. The molecule has 1 saturated heterocycles. The van der Waals surface area contributed by atoms with E-state index in [2.05, 4.69) is 20.2 Å². The van der Waals surface area contributed by atoms with Gasteiger partial charge in [0.1, 0.15) is 5.75 Å². The van der Waals surface area contributed by atoms with Gasteiger partial charge in [-0.3, -0.25) is 4.79 Å². The third kappa shape index (κ3) is 4.65. The first-order valence-electron chi connectivity index (χ1n) is 9.89. The Balaban J connectivity index is 1.35. The number of carbonyl (C=O) groups excluding carboxylic acids is 1. The summed E-state index contributed by atoms with van der Waals surface area (Å²) in [7, 11) is 1.68. The van der Waals surface area contributed by atoms with Crippen LogP contribution in [0.25, 0.3) is 0 Å². The number of benzene rings is 1. The molecule has 1 N–H and O–H groups in total. The van der Waals surface area contributed by atoms with Crippen LogP contribution in [-0.2, 0) is 14.3 Å². The van der Waals surface area contributed by atoms with Gasteiger partial charge in [0.2, 0.25) is 11.9 Å². The number of amides is 1. The summed E-state index contributed by atoms with van der Waals surface area (Å²) in [4.78, 5) is 23.2. The molecule has 1 aliphatic carbocycles. The Morgan fingerprint density at radius 1 is 1.21 bits per heavy atom. The monoisotopic (exact) mass is 398 g/mol. The molecule has 1 saturated carbocycles. The van der Waals surface area contributed by atoms with E-state index < -0.39 is 0 Å². The summed E-state index contributed by atoms with van der Waals surface area (Å²) < 4.78 is 16.5. The van der Waals surface area contributed by atoms with E-state index in [1.165, 1.54) is 0 Å². The maximum absolute atomic E-state index is 12.3. The predicted octanol–water partition coefficient (Wildman–Crippen LogP) is 2.78. The topological polar surface area (TPSA) is 85.8 Å². The average Bonchev–Trinajstić information content (AvgIpc) is 2.70. The van der Waals surface area contributed by atoms with E-state index in [1.807, 2.05) is 25.1 Å². The number of anilines is 2. The number of hydrogen-bond acceptors (Lipinski definition) is 7. The summed E-state index contributed by atoms with van der Waals surface area (Å²) in [6, 6.07) is 5.60. The minimum Gasteiger partial charge on any atom is -0.454 e. The molecule has 8 heteroatoms. The van der Waals surface area contributed by atoms with E-state index in [9.17, 15) is 4.79 Å². The molecule has 2 fully saturated rings. The molecule has 0 atom stereocenters. The molecule has 1 aromatic heterocycles. The normalized spacial score (nSPS) is 21.4. The predicted molar refractivity (Wildman–Crippen MR) is 108 cm³/mol. The van der Waals surface area contributed by atoms with Gasteiger partial charge in [0.25, 0.3) is 0 Å². The maximum atomic E-state index is 12.3. The van der Waals surface area contributed by atoms with Gasteiger partial charge in [-0.2, -0.15) is 0 Å². The molecule has 0 bridgehead atoms. The number of morpholine rings is 1. The van der Waals surface area contributed by atoms with Gasteiger partial charge in [-0.25, -0.2) is 9.97 Å². The molecular formula is C21H26N4O4. The van der Waals surface area contributed by atoms with Crippen molar-refractivity contribution in [1.29, 1.82) is 0 Å². The van der Waals surface area contributed by atoms with Gasteiger partial charge in [0, 0.05) is 31.8 Å². The molecule has 0 spiro atoms. The Labute approximate surface area is 170 Å². The van der Waals surface area contributed by atoms with E-state index in [4.69, 9.17) is 14.2 Å². The van der Waals surface area contributed by atoms with Crippen LogP contribution in [0.3, 0.4) is 0 Å². The highest BCUT2D eigenvalue weighted by Crippen LogP contribution is 2.32. The van der Waals surface area contributed by atoms with Crippen molar-refractivity contribution in [3.63, 3.8) is 0 Å². The molecule has 154 valence electrons. The standard InChI is InChI=1S/C21H26N4O4/c1-14-9-16(24-20(26)15-10-17(11-15)27-2)3-4-19(14)29-18-12-22-21(23-13-18)25-5-7-28-8-6-25/h3-4,9,12-13,15,17H,5-8,10-11H2,1-2H3,(H,24,26). The minimum absolute atomic E-state index is 0.0262. The van der Waals surface area contributed by atoms with Crippen molar-refractivity contribution in [2.45, 2.75) is 25.9 Å². The number of nitrogens with one attached hydrogen (secondary N) is 1. The second kappa shape index (κ2) is 8.75. The van der Waals surface area contributed by atoms with Crippen molar-refractivity contribution >= 4 is 17.5 Å². The fourth-order valence-electron chi connectivity index (χ4n) is 3.47. The highest BCUT2D eigenvalue weighted by Gasteiger charge is 2.34. The van der Waals surface area contributed by atoms with Gasteiger partial charge in [-0.05, 0) is 43.5 Å². The van der Waals surface area contributed by atoms with Gasteiger partial charge in [-0.15, -0.1) is 0 Å². The fourth-order valence-corrected chi connectivity index (χ4v) is 3.47. The molecule has 2 heterocycles. The lowest BCUT2D eigenvalue weighted by Gasteiger charge is -2.32. The molecule has 0 radical (unpaired) electrons. The second-order valence-corrected chi connectivity index (χ2v) is 7.42. The zero-order valence-corrected chi connectivity index (χ0v) is 16.8. The lowest BCUT2D eigenvalue weighted by Crippen LogP contribution is -2.38. The molecule has 1 aliphatic heterocycles. The second-order valence-electron chi connectivity index (χ2n) is 7.42. The first kappa shape index (κ1) is 19.6. The van der Waals surface area contributed by atoms with Gasteiger partial charge >= 0.3 is 0 Å². The number of aryl methyl sites for hydroxylation is 1. The molecule has 4 rings (SSSR count). The highest BCUT2D eigenvalue weighted by atomic mass is 16.5. The number of hydrogen-bond donors (Lipinski definition) is 1. The SMILES string of the molecule is COC1CC(C(=O)Nc2ccc(Oc3cnc(N4CCOCC4)nc3)c(C)c2)C1. The third-order valence-electron chi connectivity index (χ3n) is 5.38. The number of ether oxygens (including phenoxy) is 3. The number of carbonyl (C=O) groups is 1. The van der Waals surface area contributed by atoms with Gasteiger partial charge in [0.15, 0.2) is 5.75 Å². The fraction of sp³-hybridized carbons (Fsp3) is 0.476. The maximum Gasteiger partial charge on any atom is 0.227 e. The Hall–Kier alpha value is -2.71. The molecule has 29 heavy (non-hydrogen) atoms. The van der Waals surface area contributed by atoms with Crippen LogP contribution in [0.2, 0.25) is 0 Å². The van der Waals surface area contributed by atoms with E-state index in [0.717, 1.165) is 37.2 Å². The van der Waals surface area contributed by atoms with Gasteiger partial charge < -0.3 is 24.4 Å². The van der Waals surface area contributed by atoms with Crippen molar-refractivity contribution in [3.05, 3.63) is 36.2 Å². The van der Waals surface area contributed by atoms with Crippen molar-refractivity contribution in [2.75, 3.05) is 43.6 Å². The highest BCUT2D eigenvalue weighted by molar-refractivity contribution is 5.93. The number of aromatic nitrogens is 2. The van der Waals surface area contributed by atoms with E-state index >= 15 is 0 Å². The first-order valence-corrected chi connectivity index (χ1v) is 9.89. The molecule has 8 nitrogen and oxygen atoms in total. The van der Waals surface area contributed by atoms with Crippen LogP contribution in [0.15, 0.2) is 30.6 Å². The van der Waals surface area contributed by atoms with Crippen LogP contribution in [0.1, 0.15) is 18.4 Å². The number of nitrogens with zero attached hydrogens (tertiary/aromatic N) is 3. The summed E-state index contributed by atoms with van der Waals surface area (Å²) in [5, 5.41) is 2.97. The molecule has 1 amide bonds.